The Morgan fingerprint density at radius 2 is 1.68 bits per heavy atom. The topological polar surface area (TPSA) is 38.8 Å². The molecule has 0 spiro atoms. The van der Waals surface area contributed by atoms with Gasteiger partial charge in [-0.05, 0) is 37.1 Å². The predicted octanol–water partition coefficient (Wildman–Crippen LogP) is 2.58. The third-order valence-electron chi connectivity index (χ3n) is 2.56. The Balaban J connectivity index is 2.41. The lowest BCUT2D eigenvalue weighted by Gasteiger charge is -2.19. The molecule has 4 nitrogen and oxygen atoms in total. The molecule has 1 amide bonds. The molecule has 0 aliphatic carbocycles. The summed E-state index contributed by atoms with van der Waals surface area (Å²) in [5.41, 5.74) is 0. The zero-order valence-corrected chi connectivity index (χ0v) is 12.2. The average molecular weight is 265 g/mol. The van der Waals surface area contributed by atoms with Crippen LogP contribution < -0.4 is 9.47 Å². The Labute approximate surface area is 115 Å². The van der Waals surface area contributed by atoms with Crippen molar-refractivity contribution in [1.29, 1.82) is 0 Å². The van der Waals surface area contributed by atoms with Crippen molar-refractivity contribution in [3.63, 3.8) is 0 Å². The number of nitrogens with zero attached hydrogens (tertiary/aromatic N) is 1. The minimum absolute atomic E-state index is 0.0115. The van der Waals surface area contributed by atoms with E-state index in [0.29, 0.717) is 18.3 Å². The first kappa shape index (κ1) is 15.3. The molecule has 1 aromatic carbocycles. The molecule has 0 saturated heterocycles. The molecular weight excluding hydrogens is 242 g/mol. The normalized spacial score (nSPS) is 10.4. The second-order valence-electron chi connectivity index (χ2n) is 4.86. The van der Waals surface area contributed by atoms with Gasteiger partial charge in [0.05, 0.1) is 6.61 Å². The van der Waals surface area contributed by atoms with E-state index in [1.165, 1.54) is 0 Å². The SMILES string of the molecule is CCOc1ccc(OCC(=O)N(C)CC(C)C)cc1. The zero-order chi connectivity index (χ0) is 14.3. The number of ether oxygens (including phenoxy) is 2. The molecule has 1 rings (SSSR count). The maximum Gasteiger partial charge on any atom is 0.260 e. The number of benzene rings is 1. The number of carbonyl (C=O) groups excluding carboxylic acids is 1. The molecule has 0 aliphatic rings. The molecule has 1 aromatic rings. The number of rotatable bonds is 7. The van der Waals surface area contributed by atoms with Crippen LogP contribution in [0.15, 0.2) is 24.3 Å². The van der Waals surface area contributed by atoms with Gasteiger partial charge in [-0.2, -0.15) is 0 Å². The quantitative estimate of drug-likeness (QED) is 0.760. The van der Waals surface area contributed by atoms with Crippen molar-refractivity contribution in [3.05, 3.63) is 24.3 Å². The average Bonchev–Trinajstić information content (AvgIpc) is 2.37. The van der Waals surface area contributed by atoms with Gasteiger partial charge < -0.3 is 14.4 Å². The smallest absolute Gasteiger partial charge is 0.260 e. The monoisotopic (exact) mass is 265 g/mol. The van der Waals surface area contributed by atoms with E-state index >= 15 is 0 Å². The van der Waals surface area contributed by atoms with E-state index in [-0.39, 0.29) is 12.5 Å². The van der Waals surface area contributed by atoms with Gasteiger partial charge in [-0.25, -0.2) is 0 Å². The van der Waals surface area contributed by atoms with Crippen molar-refractivity contribution in [2.24, 2.45) is 5.92 Å². The summed E-state index contributed by atoms with van der Waals surface area (Å²) in [5, 5.41) is 0. The number of hydrogen-bond donors (Lipinski definition) is 0. The molecule has 0 N–H and O–H groups in total. The van der Waals surface area contributed by atoms with Crippen molar-refractivity contribution in [2.45, 2.75) is 20.8 Å². The number of likely N-dealkylation sites (N-methyl/N-ethyl adjacent to an activating group) is 1. The van der Waals surface area contributed by atoms with Crippen molar-refractivity contribution in [3.8, 4) is 11.5 Å². The summed E-state index contributed by atoms with van der Waals surface area (Å²) in [6.45, 7) is 7.54. The van der Waals surface area contributed by atoms with Crippen LogP contribution in [-0.2, 0) is 4.79 Å². The Bertz CT molecular complexity index is 387. The van der Waals surface area contributed by atoms with Gasteiger partial charge in [-0.15, -0.1) is 0 Å². The lowest BCUT2D eigenvalue weighted by Crippen LogP contribution is -2.34. The molecule has 106 valence electrons. The lowest BCUT2D eigenvalue weighted by atomic mass is 10.2. The van der Waals surface area contributed by atoms with Gasteiger partial charge in [-0.1, -0.05) is 13.8 Å². The Hall–Kier alpha value is -1.71. The van der Waals surface area contributed by atoms with Crippen LogP contribution in [0.4, 0.5) is 0 Å². The summed E-state index contributed by atoms with van der Waals surface area (Å²) < 4.78 is 10.8. The van der Waals surface area contributed by atoms with Crippen LogP contribution in [0.25, 0.3) is 0 Å². The van der Waals surface area contributed by atoms with E-state index in [1.807, 2.05) is 19.1 Å². The van der Waals surface area contributed by atoms with Crippen LogP contribution in [0, 0.1) is 5.92 Å². The highest BCUT2D eigenvalue weighted by Gasteiger charge is 2.10. The zero-order valence-electron chi connectivity index (χ0n) is 12.2. The van der Waals surface area contributed by atoms with Crippen molar-refractivity contribution in [2.75, 3.05) is 26.8 Å². The Morgan fingerprint density at radius 1 is 1.16 bits per heavy atom. The molecule has 4 heteroatoms. The van der Waals surface area contributed by atoms with E-state index in [9.17, 15) is 4.79 Å². The second-order valence-corrected chi connectivity index (χ2v) is 4.86. The van der Waals surface area contributed by atoms with Crippen molar-refractivity contribution < 1.29 is 14.3 Å². The first-order valence-electron chi connectivity index (χ1n) is 6.62. The van der Waals surface area contributed by atoms with Gasteiger partial charge in [0.1, 0.15) is 11.5 Å². The molecule has 0 fully saturated rings. The molecule has 0 aliphatic heterocycles. The number of hydrogen-bond acceptors (Lipinski definition) is 3. The van der Waals surface area contributed by atoms with Crippen molar-refractivity contribution >= 4 is 5.91 Å². The molecule has 0 aromatic heterocycles. The van der Waals surface area contributed by atoms with E-state index in [4.69, 9.17) is 9.47 Å². The standard InChI is InChI=1S/C15H23NO3/c1-5-18-13-6-8-14(9-7-13)19-11-15(17)16(4)10-12(2)3/h6-9,12H,5,10-11H2,1-4H3. The first-order chi connectivity index (χ1) is 9.02. The van der Waals surface area contributed by atoms with Gasteiger partial charge in [0.25, 0.3) is 5.91 Å². The van der Waals surface area contributed by atoms with Crippen LogP contribution in [0.2, 0.25) is 0 Å². The molecule has 0 atom stereocenters. The summed E-state index contributed by atoms with van der Waals surface area (Å²) in [5.74, 6) is 1.93. The summed E-state index contributed by atoms with van der Waals surface area (Å²) in [6.07, 6.45) is 0. The molecule has 0 bridgehead atoms. The summed E-state index contributed by atoms with van der Waals surface area (Å²) in [6, 6.07) is 7.28. The van der Waals surface area contributed by atoms with E-state index in [1.54, 1.807) is 24.1 Å². The van der Waals surface area contributed by atoms with Crippen LogP contribution in [0.5, 0.6) is 11.5 Å². The molecule has 0 saturated carbocycles. The number of carbonyl (C=O) groups is 1. The van der Waals surface area contributed by atoms with Gasteiger partial charge in [0, 0.05) is 13.6 Å². The number of amides is 1. The fourth-order valence-electron chi connectivity index (χ4n) is 1.70. The summed E-state index contributed by atoms with van der Waals surface area (Å²) in [7, 11) is 1.80. The van der Waals surface area contributed by atoms with Crippen molar-refractivity contribution in [1.82, 2.24) is 4.90 Å². The third kappa shape index (κ3) is 5.64. The van der Waals surface area contributed by atoms with Crippen LogP contribution in [0.3, 0.4) is 0 Å². The fraction of sp³-hybridized carbons (Fsp3) is 0.533. The third-order valence-corrected chi connectivity index (χ3v) is 2.56. The van der Waals surface area contributed by atoms with Crippen LogP contribution in [-0.4, -0.2) is 37.6 Å². The highest BCUT2D eigenvalue weighted by Crippen LogP contribution is 2.17. The fourth-order valence-corrected chi connectivity index (χ4v) is 1.70. The predicted molar refractivity (Wildman–Crippen MR) is 75.6 cm³/mol. The molecule has 0 radical (unpaired) electrons. The van der Waals surface area contributed by atoms with Gasteiger partial charge >= 0.3 is 0 Å². The molecular formula is C15H23NO3. The lowest BCUT2D eigenvalue weighted by molar-refractivity contribution is -0.132. The molecule has 19 heavy (non-hydrogen) atoms. The highest BCUT2D eigenvalue weighted by molar-refractivity contribution is 5.77. The van der Waals surface area contributed by atoms with Gasteiger partial charge in [-0.3, -0.25) is 4.79 Å². The van der Waals surface area contributed by atoms with Gasteiger partial charge in [0.15, 0.2) is 6.61 Å². The van der Waals surface area contributed by atoms with Crippen LogP contribution >= 0.6 is 0 Å². The van der Waals surface area contributed by atoms with E-state index in [0.717, 1.165) is 12.3 Å². The van der Waals surface area contributed by atoms with E-state index < -0.39 is 0 Å². The maximum absolute atomic E-state index is 11.8. The summed E-state index contributed by atoms with van der Waals surface area (Å²) in [4.78, 5) is 13.5. The molecule has 0 heterocycles. The minimum Gasteiger partial charge on any atom is -0.494 e. The van der Waals surface area contributed by atoms with Gasteiger partial charge in [0.2, 0.25) is 0 Å². The minimum atomic E-state index is -0.0115. The summed E-state index contributed by atoms with van der Waals surface area (Å²) >= 11 is 0. The second kappa shape index (κ2) is 7.67. The first-order valence-corrected chi connectivity index (χ1v) is 6.62. The largest absolute Gasteiger partial charge is 0.494 e. The Morgan fingerprint density at radius 3 is 2.16 bits per heavy atom. The highest BCUT2D eigenvalue weighted by atomic mass is 16.5. The Kier molecular flexibility index (Phi) is 6.19. The van der Waals surface area contributed by atoms with Crippen LogP contribution in [0.1, 0.15) is 20.8 Å². The van der Waals surface area contributed by atoms with E-state index in [2.05, 4.69) is 13.8 Å². The maximum atomic E-state index is 11.8. The molecule has 0 unspecified atom stereocenters.